The van der Waals surface area contributed by atoms with E-state index in [4.69, 9.17) is 4.74 Å². The van der Waals surface area contributed by atoms with Crippen molar-refractivity contribution in [2.24, 2.45) is 5.41 Å². The number of aromatic nitrogens is 2. The number of H-pyrrole nitrogens is 1. The molecule has 86 valence electrons. The number of aromatic amines is 1. The summed E-state index contributed by atoms with van der Waals surface area (Å²) in [5, 5.41) is 7.22. The van der Waals surface area contributed by atoms with Crippen molar-refractivity contribution in [3.8, 4) is 0 Å². The zero-order chi connectivity index (χ0) is 10.2. The second kappa shape index (κ2) is 4.35. The van der Waals surface area contributed by atoms with Crippen LogP contribution in [0.2, 0.25) is 0 Å². The number of ether oxygens (including phenoxy) is 1. The lowest BCUT2D eigenvalue weighted by Gasteiger charge is -2.34. The van der Waals surface area contributed by atoms with Crippen molar-refractivity contribution in [3.05, 3.63) is 17.5 Å². The standard InChI is InChI=1S/C11H18N2O.CH4/c1-8-6-9(13-12-8)10-7-11(2,3)4-5-14-10;/h6,10H,4-5,7H2,1-3H3,(H,12,13);1H4. The van der Waals surface area contributed by atoms with Gasteiger partial charge in [-0.25, -0.2) is 0 Å². The van der Waals surface area contributed by atoms with Crippen LogP contribution < -0.4 is 0 Å². The minimum Gasteiger partial charge on any atom is -0.372 e. The van der Waals surface area contributed by atoms with Crippen molar-refractivity contribution >= 4 is 0 Å². The highest BCUT2D eigenvalue weighted by molar-refractivity contribution is 5.10. The lowest BCUT2D eigenvalue weighted by Crippen LogP contribution is -2.26. The van der Waals surface area contributed by atoms with E-state index in [-0.39, 0.29) is 13.5 Å². The Bertz CT molecular complexity index is 317. The Morgan fingerprint density at radius 3 is 2.80 bits per heavy atom. The molecule has 15 heavy (non-hydrogen) atoms. The molecule has 1 N–H and O–H groups in total. The first-order chi connectivity index (χ1) is 6.57. The van der Waals surface area contributed by atoms with E-state index in [1.54, 1.807) is 0 Å². The molecule has 1 fully saturated rings. The van der Waals surface area contributed by atoms with E-state index in [0.717, 1.165) is 30.8 Å². The Morgan fingerprint density at radius 1 is 1.53 bits per heavy atom. The van der Waals surface area contributed by atoms with Gasteiger partial charge in [-0.05, 0) is 31.2 Å². The van der Waals surface area contributed by atoms with Crippen molar-refractivity contribution in [1.82, 2.24) is 10.2 Å². The summed E-state index contributed by atoms with van der Waals surface area (Å²) in [7, 11) is 0. The van der Waals surface area contributed by atoms with E-state index in [1.807, 2.05) is 6.92 Å². The highest BCUT2D eigenvalue weighted by Crippen LogP contribution is 2.38. The Balaban J connectivity index is 0.00000112. The fourth-order valence-corrected chi connectivity index (χ4v) is 1.93. The fraction of sp³-hybridized carbons (Fsp3) is 0.750. The zero-order valence-corrected chi connectivity index (χ0v) is 9.13. The Hall–Kier alpha value is -0.830. The van der Waals surface area contributed by atoms with Gasteiger partial charge >= 0.3 is 0 Å². The van der Waals surface area contributed by atoms with E-state index in [9.17, 15) is 0 Å². The molecule has 1 saturated heterocycles. The molecule has 1 aliphatic rings. The summed E-state index contributed by atoms with van der Waals surface area (Å²) in [6.07, 6.45) is 2.40. The maximum absolute atomic E-state index is 5.73. The van der Waals surface area contributed by atoms with Crippen molar-refractivity contribution in [2.75, 3.05) is 6.61 Å². The van der Waals surface area contributed by atoms with E-state index >= 15 is 0 Å². The Kier molecular flexibility index (Phi) is 3.55. The summed E-state index contributed by atoms with van der Waals surface area (Å²) >= 11 is 0. The Labute approximate surface area is 92.2 Å². The lowest BCUT2D eigenvalue weighted by molar-refractivity contribution is -0.0396. The normalized spacial score (nSPS) is 24.6. The van der Waals surface area contributed by atoms with Crippen LogP contribution >= 0.6 is 0 Å². The number of hydrogen-bond acceptors (Lipinski definition) is 2. The summed E-state index contributed by atoms with van der Waals surface area (Å²) in [5.41, 5.74) is 2.54. The molecule has 0 bridgehead atoms. The summed E-state index contributed by atoms with van der Waals surface area (Å²) in [6, 6.07) is 2.08. The van der Waals surface area contributed by atoms with Crippen molar-refractivity contribution in [3.63, 3.8) is 0 Å². The summed E-state index contributed by atoms with van der Waals surface area (Å²) in [6.45, 7) is 7.46. The number of nitrogens with zero attached hydrogens (tertiary/aromatic N) is 1. The van der Waals surface area contributed by atoms with Crippen LogP contribution in [-0.4, -0.2) is 16.8 Å². The molecule has 1 aromatic heterocycles. The van der Waals surface area contributed by atoms with Gasteiger partial charge in [0.15, 0.2) is 0 Å². The molecule has 1 aromatic rings. The summed E-state index contributed by atoms with van der Waals surface area (Å²) < 4.78 is 5.73. The smallest absolute Gasteiger partial charge is 0.102 e. The predicted molar refractivity (Wildman–Crippen MR) is 61.8 cm³/mol. The van der Waals surface area contributed by atoms with Crippen LogP contribution in [0.3, 0.4) is 0 Å². The third-order valence-electron chi connectivity index (χ3n) is 2.89. The molecule has 0 aromatic carbocycles. The number of aryl methyl sites for hydroxylation is 1. The zero-order valence-electron chi connectivity index (χ0n) is 9.13. The third-order valence-corrected chi connectivity index (χ3v) is 2.89. The predicted octanol–water partition coefficient (Wildman–Crippen LogP) is 3.23. The van der Waals surface area contributed by atoms with Crippen LogP contribution in [0.25, 0.3) is 0 Å². The van der Waals surface area contributed by atoms with Gasteiger partial charge in [0.1, 0.15) is 6.10 Å². The maximum Gasteiger partial charge on any atom is 0.102 e. The van der Waals surface area contributed by atoms with Gasteiger partial charge in [-0.15, -0.1) is 0 Å². The Morgan fingerprint density at radius 2 is 2.27 bits per heavy atom. The van der Waals surface area contributed by atoms with Crippen LogP contribution in [0.4, 0.5) is 0 Å². The number of hydrogen-bond donors (Lipinski definition) is 1. The van der Waals surface area contributed by atoms with Gasteiger partial charge in [0.25, 0.3) is 0 Å². The van der Waals surface area contributed by atoms with Gasteiger partial charge in [0, 0.05) is 12.3 Å². The third kappa shape index (κ3) is 2.81. The molecular weight excluding hydrogens is 188 g/mol. The highest BCUT2D eigenvalue weighted by atomic mass is 16.5. The van der Waals surface area contributed by atoms with Crippen molar-refractivity contribution in [1.29, 1.82) is 0 Å². The molecule has 1 atom stereocenters. The molecule has 0 amide bonds. The molecule has 3 nitrogen and oxygen atoms in total. The fourth-order valence-electron chi connectivity index (χ4n) is 1.93. The van der Waals surface area contributed by atoms with Gasteiger partial charge < -0.3 is 4.74 Å². The molecule has 2 rings (SSSR count). The molecule has 0 spiro atoms. The van der Waals surface area contributed by atoms with Gasteiger partial charge in [0.2, 0.25) is 0 Å². The lowest BCUT2D eigenvalue weighted by atomic mass is 9.81. The topological polar surface area (TPSA) is 37.9 Å². The van der Waals surface area contributed by atoms with Crippen LogP contribution in [0.15, 0.2) is 6.07 Å². The van der Waals surface area contributed by atoms with Crippen LogP contribution in [-0.2, 0) is 4.74 Å². The average molecular weight is 210 g/mol. The molecule has 3 heteroatoms. The first-order valence-corrected chi connectivity index (χ1v) is 5.20. The molecule has 1 aliphatic heterocycles. The van der Waals surface area contributed by atoms with Crippen LogP contribution in [0.5, 0.6) is 0 Å². The maximum atomic E-state index is 5.73. The van der Waals surface area contributed by atoms with Gasteiger partial charge in [0.05, 0.1) is 5.69 Å². The molecule has 2 heterocycles. The number of nitrogens with one attached hydrogen (secondary N) is 1. The van der Waals surface area contributed by atoms with E-state index in [0.29, 0.717) is 5.41 Å². The molecule has 1 unspecified atom stereocenters. The second-order valence-electron chi connectivity index (χ2n) is 4.95. The van der Waals surface area contributed by atoms with Crippen molar-refractivity contribution in [2.45, 2.75) is 47.1 Å². The minimum atomic E-state index is 0. The van der Waals surface area contributed by atoms with Crippen LogP contribution in [0, 0.1) is 12.3 Å². The molecule has 0 radical (unpaired) electrons. The van der Waals surface area contributed by atoms with Crippen LogP contribution in [0.1, 0.15) is 51.6 Å². The van der Waals surface area contributed by atoms with Crippen molar-refractivity contribution < 1.29 is 4.74 Å². The summed E-state index contributed by atoms with van der Waals surface area (Å²) in [4.78, 5) is 0. The summed E-state index contributed by atoms with van der Waals surface area (Å²) in [5.74, 6) is 0. The first kappa shape index (κ1) is 12.2. The minimum absolute atomic E-state index is 0. The molecule has 0 aliphatic carbocycles. The monoisotopic (exact) mass is 210 g/mol. The van der Waals surface area contributed by atoms with Gasteiger partial charge in [-0.1, -0.05) is 21.3 Å². The first-order valence-electron chi connectivity index (χ1n) is 5.20. The second-order valence-corrected chi connectivity index (χ2v) is 4.95. The molecule has 0 saturated carbocycles. The molecular formula is C12H22N2O. The van der Waals surface area contributed by atoms with Gasteiger partial charge in [-0.3, -0.25) is 5.10 Å². The average Bonchev–Trinajstić information content (AvgIpc) is 2.50. The quantitative estimate of drug-likeness (QED) is 0.772. The van der Waals surface area contributed by atoms with Gasteiger partial charge in [-0.2, -0.15) is 5.10 Å². The highest BCUT2D eigenvalue weighted by Gasteiger charge is 2.30. The largest absolute Gasteiger partial charge is 0.372 e. The van der Waals surface area contributed by atoms with E-state index < -0.39 is 0 Å². The number of rotatable bonds is 1. The van der Waals surface area contributed by atoms with E-state index in [1.165, 1.54) is 0 Å². The SMILES string of the molecule is C.Cc1cc(C2CC(C)(C)CCO2)n[nH]1. The van der Waals surface area contributed by atoms with E-state index in [2.05, 4.69) is 30.1 Å².